The fourth-order valence-electron chi connectivity index (χ4n) is 3.03. The third-order valence-electron chi connectivity index (χ3n) is 4.08. The number of amides is 1. The molecule has 1 amide bonds. The van der Waals surface area contributed by atoms with Gasteiger partial charge in [0.05, 0.1) is 17.4 Å². The Bertz CT molecular complexity index is 654. The molecule has 1 saturated heterocycles. The van der Waals surface area contributed by atoms with Crippen LogP contribution in [-0.2, 0) is 21.1 Å². The number of hydrogen-bond donors (Lipinski definition) is 1. The molecule has 2 aliphatic rings. The van der Waals surface area contributed by atoms with Crippen molar-refractivity contribution in [3.63, 3.8) is 0 Å². The summed E-state index contributed by atoms with van der Waals surface area (Å²) >= 11 is 0. The van der Waals surface area contributed by atoms with Crippen LogP contribution in [0, 0.1) is 5.92 Å². The van der Waals surface area contributed by atoms with Gasteiger partial charge in [0.2, 0.25) is 5.91 Å². The van der Waals surface area contributed by atoms with E-state index in [4.69, 9.17) is 5.73 Å². The maximum Gasteiger partial charge on any atom is 0.231 e. The molecular weight excluding hydrogens is 276 g/mol. The molecule has 0 radical (unpaired) electrons. The molecule has 1 aromatic carbocycles. The predicted octanol–water partition coefficient (Wildman–Crippen LogP) is 0.983. The zero-order valence-corrected chi connectivity index (χ0v) is 12.0. The lowest BCUT2D eigenvalue weighted by atomic mass is 9.98. The van der Waals surface area contributed by atoms with Crippen molar-refractivity contribution in [1.82, 2.24) is 0 Å². The molecule has 5 nitrogen and oxygen atoms in total. The van der Waals surface area contributed by atoms with Crippen molar-refractivity contribution < 1.29 is 13.2 Å². The standard InChI is InChI=1S/C14H18N2O3S/c15-12-4-3-10-2-1-6-16(13(10)8-12)14(17)11-5-7-20(18,19)9-11/h3-4,8,11H,1-2,5-7,9,15H2. The number of carbonyl (C=O) groups is 1. The quantitative estimate of drug-likeness (QED) is 0.783. The number of nitrogens with two attached hydrogens (primary N) is 1. The van der Waals surface area contributed by atoms with E-state index in [-0.39, 0.29) is 17.4 Å². The molecule has 3 rings (SSSR count). The van der Waals surface area contributed by atoms with Crippen molar-refractivity contribution in [3.05, 3.63) is 23.8 Å². The third kappa shape index (κ3) is 2.40. The molecule has 2 aliphatic heterocycles. The maximum atomic E-state index is 12.6. The van der Waals surface area contributed by atoms with Crippen molar-refractivity contribution in [1.29, 1.82) is 0 Å². The average molecular weight is 294 g/mol. The highest BCUT2D eigenvalue weighted by Gasteiger charge is 2.36. The second-order valence-electron chi connectivity index (χ2n) is 5.58. The van der Waals surface area contributed by atoms with Gasteiger partial charge in [0.1, 0.15) is 0 Å². The van der Waals surface area contributed by atoms with Crippen LogP contribution in [0.3, 0.4) is 0 Å². The molecule has 20 heavy (non-hydrogen) atoms. The Kier molecular flexibility index (Phi) is 3.20. The molecule has 1 unspecified atom stereocenters. The molecule has 108 valence electrons. The zero-order chi connectivity index (χ0) is 14.3. The van der Waals surface area contributed by atoms with Crippen molar-refractivity contribution in [2.75, 3.05) is 28.7 Å². The number of carbonyl (C=O) groups excluding carboxylic acids is 1. The van der Waals surface area contributed by atoms with E-state index in [0.717, 1.165) is 24.1 Å². The molecule has 2 N–H and O–H groups in total. The van der Waals surface area contributed by atoms with Crippen LogP contribution in [0.1, 0.15) is 18.4 Å². The van der Waals surface area contributed by atoms with Gasteiger partial charge in [-0.05, 0) is 37.0 Å². The largest absolute Gasteiger partial charge is 0.399 e. The van der Waals surface area contributed by atoms with E-state index in [1.807, 2.05) is 18.2 Å². The van der Waals surface area contributed by atoms with Gasteiger partial charge in [-0.15, -0.1) is 0 Å². The number of anilines is 2. The number of benzene rings is 1. The Balaban J connectivity index is 1.89. The van der Waals surface area contributed by atoms with Gasteiger partial charge in [-0.2, -0.15) is 0 Å². The fraction of sp³-hybridized carbons (Fsp3) is 0.500. The average Bonchev–Trinajstić information content (AvgIpc) is 2.77. The van der Waals surface area contributed by atoms with Gasteiger partial charge in [0.15, 0.2) is 9.84 Å². The van der Waals surface area contributed by atoms with Crippen LogP contribution in [0.5, 0.6) is 0 Å². The molecule has 1 atom stereocenters. The van der Waals surface area contributed by atoms with Crippen molar-refractivity contribution >= 4 is 27.1 Å². The summed E-state index contributed by atoms with van der Waals surface area (Å²) < 4.78 is 23.1. The maximum absolute atomic E-state index is 12.6. The Morgan fingerprint density at radius 2 is 2.15 bits per heavy atom. The number of nitrogen functional groups attached to an aromatic ring is 1. The third-order valence-corrected chi connectivity index (χ3v) is 5.84. The van der Waals surface area contributed by atoms with Crippen molar-refractivity contribution in [2.45, 2.75) is 19.3 Å². The molecule has 1 aromatic rings. The van der Waals surface area contributed by atoms with E-state index in [9.17, 15) is 13.2 Å². The van der Waals surface area contributed by atoms with Gasteiger partial charge in [-0.25, -0.2) is 8.42 Å². The number of rotatable bonds is 1. The highest BCUT2D eigenvalue weighted by Crippen LogP contribution is 2.32. The van der Waals surface area contributed by atoms with Crippen LogP contribution in [0.4, 0.5) is 11.4 Å². The molecule has 2 heterocycles. The molecule has 0 aliphatic carbocycles. The second kappa shape index (κ2) is 4.77. The summed E-state index contributed by atoms with van der Waals surface area (Å²) in [5.74, 6) is -0.355. The van der Waals surface area contributed by atoms with E-state index in [1.165, 1.54) is 0 Å². The van der Waals surface area contributed by atoms with Crippen LogP contribution in [0.15, 0.2) is 18.2 Å². The first-order chi connectivity index (χ1) is 9.46. The number of aryl methyl sites for hydroxylation is 1. The van der Waals surface area contributed by atoms with Gasteiger partial charge in [0.25, 0.3) is 0 Å². The Morgan fingerprint density at radius 1 is 1.35 bits per heavy atom. The summed E-state index contributed by atoms with van der Waals surface area (Å²) in [6.45, 7) is 0.645. The highest BCUT2D eigenvalue weighted by atomic mass is 32.2. The van der Waals surface area contributed by atoms with Gasteiger partial charge < -0.3 is 10.6 Å². The first-order valence-corrected chi connectivity index (χ1v) is 8.69. The Hall–Kier alpha value is -1.56. The zero-order valence-electron chi connectivity index (χ0n) is 11.2. The molecule has 0 saturated carbocycles. The predicted molar refractivity (Wildman–Crippen MR) is 78.3 cm³/mol. The molecule has 1 fully saturated rings. The van der Waals surface area contributed by atoms with E-state index >= 15 is 0 Å². The number of fused-ring (bicyclic) bond motifs is 1. The van der Waals surface area contributed by atoms with E-state index < -0.39 is 15.8 Å². The van der Waals surface area contributed by atoms with Crippen molar-refractivity contribution in [3.8, 4) is 0 Å². The minimum Gasteiger partial charge on any atom is -0.399 e. The first kappa shape index (κ1) is 13.4. The molecule has 0 bridgehead atoms. The van der Waals surface area contributed by atoms with Crippen molar-refractivity contribution in [2.24, 2.45) is 5.92 Å². The van der Waals surface area contributed by atoms with E-state index in [1.54, 1.807) is 4.90 Å². The topological polar surface area (TPSA) is 80.5 Å². The Labute approximate surface area is 118 Å². The summed E-state index contributed by atoms with van der Waals surface area (Å²) in [6.07, 6.45) is 2.28. The molecular formula is C14H18N2O3S. The lowest BCUT2D eigenvalue weighted by Crippen LogP contribution is -2.40. The van der Waals surface area contributed by atoms with E-state index in [2.05, 4.69) is 0 Å². The lowest BCUT2D eigenvalue weighted by molar-refractivity contribution is -0.121. The van der Waals surface area contributed by atoms with Crippen LogP contribution >= 0.6 is 0 Å². The fourth-order valence-corrected chi connectivity index (χ4v) is 4.76. The minimum atomic E-state index is -3.04. The highest BCUT2D eigenvalue weighted by molar-refractivity contribution is 7.91. The monoisotopic (exact) mass is 294 g/mol. The Morgan fingerprint density at radius 3 is 2.85 bits per heavy atom. The lowest BCUT2D eigenvalue weighted by Gasteiger charge is -2.31. The van der Waals surface area contributed by atoms with Crippen LogP contribution in [0.2, 0.25) is 0 Å². The summed E-state index contributed by atoms with van der Waals surface area (Å²) in [5, 5.41) is 0. The summed E-state index contributed by atoms with van der Waals surface area (Å²) in [6, 6.07) is 5.61. The van der Waals surface area contributed by atoms with Gasteiger partial charge in [-0.1, -0.05) is 6.07 Å². The molecule has 0 spiro atoms. The number of nitrogens with zero attached hydrogens (tertiary/aromatic N) is 1. The number of hydrogen-bond acceptors (Lipinski definition) is 4. The van der Waals surface area contributed by atoms with Gasteiger partial charge in [0, 0.05) is 17.9 Å². The van der Waals surface area contributed by atoms with Crippen LogP contribution in [0.25, 0.3) is 0 Å². The van der Waals surface area contributed by atoms with Crippen LogP contribution in [-0.4, -0.2) is 32.4 Å². The van der Waals surface area contributed by atoms with E-state index in [0.29, 0.717) is 18.7 Å². The molecule has 0 aromatic heterocycles. The minimum absolute atomic E-state index is 0.0139. The number of sulfone groups is 1. The molecule has 6 heteroatoms. The summed E-state index contributed by atoms with van der Waals surface area (Å²) in [5.41, 5.74) is 8.40. The second-order valence-corrected chi connectivity index (χ2v) is 7.81. The van der Waals surface area contributed by atoms with Gasteiger partial charge in [-0.3, -0.25) is 4.79 Å². The first-order valence-electron chi connectivity index (χ1n) is 6.86. The SMILES string of the molecule is Nc1ccc2c(c1)N(C(=O)C1CCS(=O)(=O)C1)CCC2. The van der Waals surface area contributed by atoms with Gasteiger partial charge >= 0.3 is 0 Å². The normalized spacial score (nSPS) is 24.4. The summed E-state index contributed by atoms with van der Waals surface area (Å²) in [7, 11) is -3.04. The van der Waals surface area contributed by atoms with Crippen LogP contribution < -0.4 is 10.6 Å². The smallest absolute Gasteiger partial charge is 0.231 e. The summed E-state index contributed by atoms with van der Waals surface area (Å²) in [4.78, 5) is 14.3.